The van der Waals surface area contributed by atoms with Gasteiger partial charge in [-0.15, -0.1) is 10.2 Å². The number of nitrogens with one attached hydrogen (secondary N) is 1. The number of benzene rings is 2. The standard InChI is InChI=1S/C16H14FN5O2/c1-24-14-8-2-11(3-9-14)16-19-21-22(20-16)10-15(23)18-13-6-4-12(17)5-7-13/h2-9H,10H2,1H3,(H,18,23). The van der Waals surface area contributed by atoms with E-state index >= 15 is 0 Å². The van der Waals surface area contributed by atoms with Crippen LogP contribution in [0, 0.1) is 5.82 Å². The molecule has 3 aromatic rings. The first kappa shape index (κ1) is 15.6. The lowest BCUT2D eigenvalue weighted by atomic mass is 10.2. The number of carbonyl (C=O) groups is 1. The summed E-state index contributed by atoms with van der Waals surface area (Å²) in [7, 11) is 1.59. The molecule has 2 aromatic carbocycles. The maximum atomic E-state index is 12.8. The molecule has 7 nitrogen and oxygen atoms in total. The van der Waals surface area contributed by atoms with Gasteiger partial charge in [0.25, 0.3) is 0 Å². The summed E-state index contributed by atoms with van der Waals surface area (Å²) < 4.78 is 17.9. The summed E-state index contributed by atoms with van der Waals surface area (Å²) in [6.07, 6.45) is 0. The Hall–Kier alpha value is -3.29. The van der Waals surface area contributed by atoms with E-state index in [2.05, 4.69) is 20.7 Å². The second-order valence-corrected chi connectivity index (χ2v) is 4.93. The van der Waals surface area contributed by atoms with Crippen LogP contribution in [0.4, 0.5) is 10.1 Å². The molecule has 0 aliphatic carbocycles. The minimum Gasteiger partial charge on any atom is -0.497 e. The number of hydrogen-bond donors (Lipinski definition) is 1. The summed E-state index contributed by atoms with van der Waals surface area (Å²) in [5, 5.41) is 14.6. The highest BCUT2D eigenvalue weighted by Gasteiger charge is 2.10. The van der Waals surface area contributed by atoms with Gasteiger partial charge in [0.15, 0.2) is 0 Å². The number of amides is 1. The van der Waals surface area contributed by atoms with Gasteiger partial charge in [0, 0.05) is 11.3 Å². The van der Waals surface area contributed by atoms with Gasteiger partial charge in [-0.3, -0.25) is 4.79 Å². The molecule has 0 spiro atoms. The molecule has 0 unspecified atom stereocenters. The van der Waals surface area contributed by atoms with Crippen LogP contribution < -0.4 is 10.1 Å². The maximum Gasteiger partial charge on any atom is 0.248 e. The summed E-state index contributed by atoms with van der Waals surface area (Å²) in [6, 6.07) is 12.7. The minimum atomic E-state index is -0.366. The molecule has 3 rings (SSSR count). The van der Waals surface area contributed by atoms with Gasteiger partial charge in [-0.25, -0.2) is 4.39 Å². The van der Waals surface area contributed by atoms with Crippen molar-refractivity contribution < 1.29 is 13.9 Å². The number of nitrogens with zero attached hydrogens (tertiary/aromatic N) is 4. The number of tetrazole rings is 1. The molecule has 8 heteroatoms. The highest BCUT2D eigenvalue weighted by Crippen LogP contribution is 2.18. The zero-order valence-corrected chi connectivity index (χ0v) is 12.8. The molecule has 0 bridgehead atoms. The van der Waals surface area contributed by atoms with E-state index in [0.717, 1.165) is 11.3 Å². The first-order valence-corrected chi connectivity index (χ1v) is 7.12. The third kappa shape index (κ3) is 3.72. The lowest BCUT2D eigenvalue weighted by molar-refractivity contribution is -0.117. The summed E-state index contributed by atoms with van der Waals surface area (Å²) in [5.41, 5.74) is 1.26. The third-order valence-corrected chi connectivity index (χ3v) is 3.21. The Kier molecular flexibility index (Phi) is 4.46. The zero-order valence-electron chi connectivity index (χ0n) is 12.8. The number of methoxy groups -OCH3 is 1. The molecular formula is C16H14FN5O2. The summed E-state index contributed by atoms with van der Waals surface area (Å²) in [5.74, 6) is 0.437. The Morgan fingerprint density at radius 2 is 1.88 bits per heavy atom. The van der Waals surface area contributed by atoms with Crippen molar-refractivity contribution >= 4 is 11.6 Å². The quantitative estimate of drug-likeness (QED) is 0.776. The van der Waals surface area contributed by atoms with Crippen molar-refractivity contribution in [3.63, 3.8) is 0 Å². The predicted molar refractivity (Wildman–Crippen MR) is 84.8 cm³/mol. The van der Waals surface area contributed by atoms with Gasteiger partial charge in [0.2, 0.25) is 11.7 Å². The molecule has 122 valence electrons. The van der Waals surface area contributed by atoms with Crippen molar-refractivity contribution in [2.24, 2.45) is 0 Å². The number of carbonyl (C=O) groups excluding carboxylic acids is 1. The van der Waals surface area contributed by atoms with Crippen LogP contribution in [0.2, 0.25) is 0 Å². The Labute approximate surface area is 137 Å². The number of rotatable bonds is 5. The molecular weight excluding hydrogens is 313 g/mol. The fourth-order valence-corrected chi connectivity index (χ4v) is 2.03. The largest absolute Gasteiger partial charge is 0.497 e. The van der Waals surface area contributed by atoms with Gasteiger partial charge >= 0.3 is 0 Å². The molecule has 0 saturated heterocycles. The Morgan fingerprint density at radius 1 is 1.17 bits per heavy atom. The van der Waals surface area contributed by atoms with E-state index in [1.165, 1.54) is 29.1 Å². The number of aromatic nitrogens is 4. The molecule has 1 aromatic heterocycles. The lowest BCUT2D eigenvalue weighted by Crippen LogP contribution is -2.20. The van der Waals surface area contributed by atoms with E-state index in [4.69, 9.17) is 4.74 Å². The van der Waals surface area contributed by atoms with Crippen LogP contribution in [0.1, 0.15) is 0 Å². The van der Waals surface area contributed by atoms with Gasteiger partial charge in [-0.1, -0.05) is 0 Å². The van der Waals surface area contributed by atoms with Gasteiger partial charge in [-0.05, 0) is 53.7 Å². The Balaban J connectivity index is 1.64. The molecule has 1 heterocycles. The molecule has 24 heavy (non-hydrogen) atoms. The molecule has 0 radical (unpaired) electrons. The topological polar surface area (TPSA) is 81.9 Å². The van der Waals surface area contributed by atoms with Crippen LogP contribution in [0.3, 0.4) is 0 Å². The molecule has 0 fully saturated rings. The zero-order chi connectivity index (χ0) is 16.9. The molecule has 1 N–H and O–H groups in total. The average Bonchev–Trinajstić information content (AvgIpc) is 3.05. The van der Waals surface area contributed by atoms with Crippen molar-refractivity contribution in [2.75, 3.05) is 12.4 Å². The minimum absolute atomic E-state index is 0.0967. The smallest absolute Gasteiger partial charge is 0.248 e. The van der Waals surface area contributed by atoms with E-state index in [1.54, 1.807) is 31.4 Å². The van der Waals surface area contributed by atoms with Gasteiger partial charge in [-0.2, -0.15) is 4.80 Å². The molecule has 0 aliphatic heterocycles. The Bertz CT molecular complexity index is 830. The molecule has 0 aliphatic rings. The van der Waals surface area contributed by atoms with E-state index in [-0.39, 0.29) is 18.3 Å². The van der Waals surface area contributed by atoms with E-state index in [0.29, 0.717) is 11.5 Å². The number of anilines is 1. The van der Waals surface area contributed by atoms with Crippen molar-refractivity contribution in [1.29, 1.82) is 0 Å². The lowest BCUT2D eigenvalue weighted by Gasteiger charge is -2.03. The number of hydrogen-bond acceptors (Lipinski definition) is 5. The molecule has 1 amide bonds. The van der Waals surface area contributed by atoms with Crippen LogP contribution in [0.15, 0.2) is 48.5 Å². The van der Waals surface area contributed by atoms with Gasteiger partial charge in [0.05, 0.1) is 7.11 Å². The van der Waals surface area contributed by atoms with Crippen molar-refractivity contribution in [3.05, 3.63) is 54.3 Å². The monoisotopic (exact) mass is 327 g/mol. The van der Waals surface area contributed by atoms with E-state index in [1.807, 2.05) is 0 Å². The molecule has 0 atom stereocenters. The van der Waals surface area contributed by atoms with E-state index in [9.17, 15) is 9.18 Å². The summed E-state index contributed by atoms with van der Waals surface area (Å²) >= 11 is 0. The van der Waals surface area contributed by atoms with Crippen LogP contribution >= 0.6 is 0 Å². The predicted octanol–water partition coefficient (Wildman–Crippen LogP) is 2.13. The van der Waals surface area contributed by atoms with Gasteiger partial charge < -0.3 is 10.1 Å². The van der Waals surface area contributed by atoms with Crippen molar-refractivity contribution in [3.8, 4) is 17.1 Å². The van der Waals surface area contributed by atoms with Crippen LogP contribution in [-0.4, -0.2) is 33.2 Å². The first-order chi connectivity index (χ1) is 11.6. The number of halogens is 1. The Morgan fingerprint density at radius 3 is 2.54 bits per heavy atom. The van der Waals surface area contributed by atoms with Gasteiger partial charge in [0.1, 0.15) is 18.1 Å². The maximum absolute atomic E-state index is 12.8. The summed E-state index contributed by atoms with van der Waals surface area (Å²) in [6.45, 7) is -0.0967. The third-order valence-electron chi connectivity index (χ3n) is 3.21. The normalized spacial score (nSPS) is 10.4. The van der Waals surface area contributed by atoms with Crippen LogP contribution in [0.25, 0.3) is 11.4 Å². The second-order valence-electron chi connectivity index (χ2n) is 4.93. The second kappa shape index (κ2) is 6.86. The van der Waals surface area contributed by atoms with E-state index < -0.39 is 0 Å². The highest BCUT2D eigenvalue weighted by molar-refractivity contribution is 5.90. The molecule has 0 saturated carbocycles. The number of ether oxygens (including phenoxy) is 1. The van der Waals surface area contributed by atoms with Crippen molar-refractivity contribution in [2.45, 2.75) is 6.54 Å². The van der Waals surface area contributed by atoms with Crippen LogP contribution in [0.5, 0.6) is 5.75 Å². The fraction of sp³-hybridized carbons (Fsp3) is 0.125. The highest BCUT2D eigenvalue weighted by atomic mass is 19.1. The van der Waals surface area contributed by atoms with Crippen LogP contribution in [-0.2, 0) is 11.3 Å². The first-order valence-electron chi connectivity index (χ1n) is 7.12. The van der Waals surface area contributed by atoms with Crippen molar-refractivity contribution in [1.82, 2.24) is 20.2 Å². The summed E-state index contributed by atoms with van der Waals surface area (Å²) in [4.78, 5) is 13.1. The SMILES string of the molecule is COc1ccc(-c2nnn(CC(=O)Nc3ccc(F)cc3)n2)cc1. The average molecular weight is 327 g/mol. The fourth-order valence-electron chi connectivity index (χ4n) is 2.03.